The van der Waals surface area contributed by atoms with Crippen LogP contribution in [0.2, 0.25) is 0 Å². The summed E-state index contributed by atoms with van der Waals surface area (Å²) in [4.78, 5) is 31.2. The van der Waals surface area contributed by atoms with Gasteiger partial charge >= 0.3 is 0 Å². The second-order valence-electron chi connectivity index (χ2n) is 7.67. The Morgan fingerprint density at radius 2 is 1.47 bits per heavy atom. The van der Waals surface area contributed by atoms with E-state index >= 15 is 0 Å². The van der Waals surface area contributed by atoms with Crippen LogP contribution in [0.5, 0.6) is 0 Å². The summed E-state index contributed by atoms with van der Waals surface area (Å²) < 4.78 is 0. The fraction of sp³-hybridized carbons (Fsp3) is 0.542. The van der Waals surface area contributed by atoms with E-state index in [2.05, 4.69) is 30.9 Å². The Hall–Kier alpha value is -2.21. The number of nitrogens with zero attached hydrogens (tertiary/aromatic N) is 3. The van der Waals surface area contributed by atoms with E-state index in [-0.39, 0.29) is 17.4 Å². The normalized spacial score (nSPS) is 14.6. The molecule has 0 bridgehead atoms. The first kappa shape index (κ1) is 24.1. The van der Waals surface area contributed by atoms with Gasteiger partial charge < -0.3 is 4.90 Å². The maximum atomic E-state index is 12.9. The van der Waals surface area contributed by atoms with Crippen LogP contribution in [0.3, 0.4) is 0 Å². The van der Waals surface area contributed by atoms with Gasteiger partial charge in [-0.1, -0.05) is 32.8 Å². The lowest BCUT2D eigenvalue weighted by Gasteiger charge is -2.35. The van der Waals surface area contributed by atoms with Gasteiger partial charge in [-0.05, 0) is 75.2 Å². The number of aryl methyl sites for hydroxylation is 1. The number of benzene rings is 1. The van der Waals surface area contributed by atoms with Crippen molar-refractivity contribution in [2.45, 2.75) is 60.3 Å². The smallest absolute Gasteiger partial charge is 0.265 e. The van der Waals surface area contributed by atoms with E-state index in [0.29, 0.717) is 18.2 Å². The highest BCUT2D eigenvalue weighted by atomic mass is 32.1. The van der Waals surface area contributed by atoms with Crippen molar-refractivity contribution < 1.29 is 9.59 Å². The summed E-state index contributed by atoms with van der Waals surface area (Å²) >= 11 is 5.34. The molecule has 164 valence electrons. The van der Waals surface area contributed by atoms with Gasteiger partial charge in [0.15, 0.2) is 5.11 Å². The summed E-state index contributed by atoms with van der Waals surface area (Å²) in [7, 11) is 0. The van der Waals surface area contributed by atoms with Crippen LogP contribution in [0, 0.1) is 6.92 Å². The van der Waals surface area contributed by atoms with Gasteiger partial charge in [-0.2, -0.15) is 0 Å². The van der Waals surface area contributed by atoms with Gasteiger partial charge in [0, 0.05) is 31.9 Å². The first-order valence-corrected chi connectivity index (χ1v) is 11.5. The van der Waals surface area contributed by atoms with Gasteiger partial charge in [0.05, 0.1) is 0 Å². The SMILES string of the molecule is CCCCN(CCCC)c1ccc(C=C2C(=O)N(CC)C(=S)N(CC)C2=O)c(C)c1. The summed E-state index contributed by atoms with van der Waals surface area (Å²) in [5.74, 6) is -0.624. The molecule has 0 aromatic heterocycles. The number of hydrogen-bond acceptors (Lipinski definition) is 4. The standard InChI is InChI=1S/C24H35N3O2S/c1-6-10-14-25(15-11-7-2)20-13-12-19(18(5)16-20)17-21-22(28)26(8-3)24(30)27(9-4)23(21)29/h12-13,16-17H,6-11,14-15H2,1-5H3. The van der Waals surface area contributed by atoms with Crippen molar-refractivity contribution in [1.29, 1.82) is 0 Å². The number of anilines is 1. The molecule has 2 rings (SSSR count). The summed E-state index contributed by atoms with van der Waals surface area (Å²) in [5, 5.41) is 0.293. The lowest BCUT2D eigenvalue weighted by Crippen LogP contribution is -2.55. The van der Waals surface area contributed by atoms with E-state index in [1.807, 2.05) is 26.8 Å². The van der Waals surface area contributed by atoms with Crippen molar-refractivity contribution in [2.24, 2.45) is 0 Å². The van der Waals surface area contributed by atoms with Gasteiger partial charge in [-0.15, -0.1) is 0 Å². The van der Waals surface area contributed by atoms with Gasteiger partial charge in [-0.25, -0.2) is 0 Å². The number of hydrogen-bond donors (Lipinski definition) is 0. The molecule has 1 saturated heterocycles. The lowest BCUT2D eigenvalue weighted by atomic mass is 10.0. The minimum atomic E-state index is -0.312. The number of carbonyl (C=O) groups is 2. The Morgan fingerprint density at radius 3 is 1.90 bits per heavy atom. The number of thiocarbonyl (C=S) groups is 1. The average Bonchev–Trinajstić information content (AvgIpc) is 2.73. The molecule has 1 heterocycles. The zero-order valence-corrected chi connectivity index (χ0v) is 19.8. The van der Waals surface area contributed by atoms with Crippen LogP contribution < -0.4 is 4.90 Å². The van der Waals surface area contributed by atoms with Gasteiger partial charge in [-0.3, -0.25) is 19.4 Å². The van der Waals surface area contributed by atoms with Gasteiger partial charge in [0.1, 0.15) is 5.57 Å². The summed E-state index contributed by atoms with van der Waals surface area (Å²) in [6.45, 7) is 13.2. The van der Waals surface area contributed by atoms with E-state index in [1.54, 1.807) is 6.08 Å². The van der Waals surface area contributed by atoms with Crippen LogP contribution >= 0.6 is 12.2 Å². The van der Waals surface area contributed by atoms with E-state index in [4.69, 9.17) is 12.2 Å². The highest BCUT2D eigenvalue weighted by Crippen LogP contribution is 2.25. The predicted octanol–water partition coefficient (Wildman–Crippen LogP) is 4.78. The topological polar surface area (TPSA) is 43.9 Å². The second-order valence-corrected chi connectivity index (χ2v) is 8.04. The summed E-state index contributed by atoms with van der Waals surface area (Å²) in [5.41, 5.74) is 3.32. The molecule has 1 aliphatic heterocycles. The Balaban J connectivity index is 2.37. The maximum absolute atomic E-state index is 12.9. The molecular formula is C24H35N3O2S. The molecule has 5 nitrogen and oxygen atoms in total. The van der Waals surface area contributed by atoms with Crippen molar-refractivity contribution in [3.63, 3.8) is 0 Å². The number of carbonyl (C=O) groups excluding carboxylic acids is 2. The molecule has 1 aromatic carbocycles. The molecule has 0 atom stereocenters. The molecule has 0 unspecified atom stereocenters. The molecule has 1 aromatic rings. The fourth-order valence-electron chi connectivity index (χ4n) is 3.62. The molecule has 0 aliphatic carbocycles. The van der Waals surface area contributed by atoms with Crippen LogP contribution in [0.15, 0.2) is 23.8 Å². The molecule has 6 heteroatoms. The second kappa shape index (κ2) is 11.3. The third kappa shape index (κ3) is 5.28. The van der Waals surface area contributed by atoms with Crippen LogP contribution in [0.1, 0.15) is 64.5 Å². The lowest BCUT2D eigenvalue weighted by molar-refractivity contribution is -0.133. The first-order valence-electron chi connectivity index (χ1n) is 11.1. The van der Waals surface area contributed by atoms with E-state index < -0.39 is 0 Å². The van der Waals surface area contributed by atoms with Gasteiger partial charge in [0.25, 0.3) is 11.8 Å². The molecule has 1 aliphatic rings. The summed E-state index contributed by atoms with van der Waals surface area (Å²) in [6, 6.07) is 6.28. The third-order valence-corrected chi connectivity index (χ3v) is 5.97. The van der Waals surface area contributed by atoms with Gasteiger partial charge in [0.2, 0.25) is 0 Å². The largest absolute Gasteiger partial charge is 0.372 e. The molecule has 0 saturated carbocycles. The first-order chi connectivity index (χ1) is 14.4. The zero-order valence-electron chi connectivity index (χ0n) is 19.0. The van der Waals surface area contributed by atoms with Crippen molar-refractivity contribution in [3.8, 4) is 0 Å². The van der Waals surface area contributed by atoms with Crippen molar-refractivity contribution in [2.75, 3.05) is 31.1 Å². The van der Waals surface area contributed by atoms with Crippen molar-refractivity contribution in [3.05, 3.63) is 34.9 Å². The average molecular weight is 430 g/mol. The molecule has 0 radical (unpaired) electrons. The van der Waals surface area contributed by atoms with Crippen LogP contribution in [0.25, 0.3) is 6.08 Å². The Labute approximate surface area is 186 Å². The maximum Gasteiger partial charge on any atom is 0.265 e. The highest BCUT2D eigenvalue weighted by molar-refractivity contribution is 7.80. The highest BCUT2D eigenvalue weighted by Gasteiger charge is 2.37. The minimum Gasteiger partial charge on any atom is -0.372 e. The zero-order chi connectivity index (χ0) is 22.3. The minimum absolute atomic E-state index is 0.178. The Kier molecular flexibility index (Phi) is 9.03. The van der Waals surface area contributed by atoms with Crippen LogP contribution in [0.4, 0.5) is 5.69 Å². The number of amides is 2. The van der Waals surface area contributed by atoms with Crippen LogP contribution in [-0.4, -0.2) is 52.9 Å². The van der Waals surface area contributed by atoms with E-state index in [0.717, 1.165) is 37.1 Å². The predicted molar refractivity (Wildman–Crippen MR) is 129 cm³/mol. The molecule has 0 spiro atoms. The monoisotopic (exact) mass is 429 g/mol. The number of rotatable bonds is 10. The molecular weight excluding hydrogens is 394 g/mol. The van der Waals surface area contributed by atoms with E-state index in [9.17, 15) is 9.59 Å². The van der Waals surface area contributed by atoms with E-state index in [1.165, 1.54) is 28.3 Å². The molecule has 0 N–H and O–H groups in total. The Bertz CT molecular complexity index is 783. The summed E-state index contributed by atoms with van der Waals surface area (Å²) in [6.07, 6.45) is 6.38. The third-order valence-electron chi connectivity index (χ3n) is 5.53. The Morgan fingerprint density at radius 1 is 0.933 bits per heavy atom. The fourth-order valence-corrected chi connectivity index (χ4v) is 4.05. The number of unbranched alkanes of at least 4 members (excludes halogenated alkanes) is 2. The quantitative estimate of drug-likeness (QED) is 0.305. The van der Waals surface area contributed by atoms with Crippen molar-refractivity contribution >= 4 is 40.9 Å². The number of likely N-dealkylation sites (N-methyl/N-ethyl adjacent to an activating group) is 2. The van der Waals surface area contributed by atoms with Crippen LogP contribution in [-0.2, 0) is 9.59 Å². The van der Waals surface area contributed by atoms with Crippen molar-refractivity contribution in [1.82, 2.24) is 9.80 Å². The molecule has 30 heavy (non-hydrogen) atoms. The molecule has 1 fully saturated rings. The molecule has 2 amide bonds.